The summed E-state index contributed by atoms with van der Waals surface area (Å²) in [5.74, 6) is 1.74. The predicted octanol–water partition coefficient (Wildman–Crippen LogP) is 4.28. The molecular weight excluding hydrogens is 325 g/mol. The maximum Gasteiger partial charge on any atom is 0.140 e. The molecule has 0 heterocycles. The number of rotatable bonds is 2. The lowest BCUT2D eigenvalue weighted by Crippen LogP contribution is -1.93. The predicted molar refractivity (Wildman–Crippen MR) is 79.6 cm³/mol. The van der Waals surface area contributed by atoms with Crippen LogP contribution in [-0.4, -0.2) is 0 Å². The van der Waals surface area contributed by atoms with Gasteiger partial charge in [0.1, 0.15) is 11.5 Å². The van der Waals surface area contributed by atoms with Gasteiger partial charge in [0, 0.05) is 5.69 Å². The van der Waals surface area contributed by atoms with Crippen LogP contribution in [0, 0.1) is 17.4 Å². The fourth-order valence-corrected chi connectivity index (χ4v) is 2.20. The summed E-state index contributed by atoms with van der Waals surface area (Å²) in [6.45, 7) is 4.14. The van der Waals surface area contributed by atoms with E-state index in [0.29, 0.717) is 0 Å². The van der Waals surface area contributed by atoms with Crippen LogP contribution in [0.3, 0.4) is 0 Å². The van der Waals surface area contributed by atoms with Crippen molar-refractivity contribution in [2.45, 2.75) is 13.8 Å². The molecular formula is C14H14INO. The maximum atomic E-state index is 5.91. The molecule has 2 rings (SSSR count). The Labute approximate surface area is 115 Å². The molecule has 0 amide bonds. The standard InChI is InChI=1S/C14H14INO/c1-9-4-3-5-13(10(9)2)17-14-7-6-11(16)8-12(14)15/h3-8H,16H2,1-2H3. The van der Waals surface area contributed by atoms with Gasteiger partial charge in [-0.1, -0.05) is 12.1 Å². The fraction of sp³-hybridized carbons (Fsp3) is 0.143. The largest absolute Gasteiger partial charge is 0.456 e. The van der Waals surface area contributed by atoms with Crippen LogP contribution in [0.5, 0.6) is 11.5 Å². The van der Waals surface area contributed by atoms with Crippen LogP contribution in [0.15, 0.2) is 36.4 Å². The van der Waals surface area contributed by atoms with Crippen molar-refractivity contribution in [1.29, 1.82) is 0 Å². The van der Waals surface area contributed by atoms with E-state index in [2.05, 4.69) is 42.5 Å². The van der Waals surface area contributed by atoms with Crippen molar-refractivity contribution in [3.8, 4) is 11.5 Å². The Kier molecular flexibility index (Phi) is 3.57. The molecule has 2 nitrogen and oxygen atoms in total. The second-order valence-corrected chi connectivity index (χ2v) is 5.15. The summed E-state index contributed by atoms with van der Waals surface area (Å²) in [6, 6.07) is 11.7. The van der Waals surface area contributed by atoms with Crippen molar-refractivity contribution >= 4 is 28.3 Å². The molecule has 0 bridgehead atoms. The molecule has 0 spiro atoms. The summed E-state index contributed by atoms with van der Waals surface area (Å²) < 4.78 is 6.93. The van der Waals surface area contributed by atoms with E-state index in [1.54, 1.807) is 0 Å². The fourth-order valence-electron chi connectivity index (χ4n) is 1.55. The van der Waals surface area contributed by atoms with E-state index in [-0.39, 0.29) is 0 Å². The second kappa shape index (κ2) is 4.96. The van der Waals surface area contributed by atoms with E-state index in [9.17, 15) is 0 Å². The van der Waals surface area contributed by atoms with Gasteiger partial charge in [-0.15, -0.1) is 0 Å². The second-order valence-electron chi connectivity index (χ2n) is 3.99. The quantitative estimate of drug-likeness (QED) is 0.655. The van der Waals surface area contributed by atoms with Gasteiger partial charge in [-0.2, -0.15) is 0 Å². The molecule has 2 aromatic carbocycles. The zero-order chi connectivity index (χ0) is 12.4. The summed E-state index contributed by atoms with van der Waals surface area (Å²) in [7, 11) is 0. The molecule has 2 N–H and O–H groups in total. The molecule has 3 heteroatoms. The third-order valence-corrected chi connectivity index (χ3v) is 3.57. The number of anilines is 1. The Hall–Kier alpha value is -1.23. The van der Waals surface area contributed by atoms with Crippen molar-refractivity contribution in [3.05, 3.63) is 51.1 Å². The lowest BCUT2D eigenvalue weighted by Gasteiger charge is -2.12. The first kappa shape index (κ1) is 12.2. The van der Waals surface area contributed by atoms with Crippen molar-refractivity contribution in [2.24, 2.45) is 0 Å². The molecule has 0 atom stereocenters. The number of nitrogen functional groups attached to an aromatic ring is 1. The molecule has 0 aliphatic carbocycles. The van der Waals surface area contributed by atoms with Gasteiger partial charge in [0.25, 0.3) is 0 Å². The number of hydrogen-bond acceptors (Lipinski definition) is 2. The van der Waals surface area contributed by atoms with Gasteiger partial charge in [-0.3, -0.25) is 0 Å². The molecule has 0 aliphatic heterocycles. The molecule has 0 radical (unpaired) electrons. The van der Waals surface area contributed by atoms with Gasteiger partial charge in [0.05, 0.1) is 3.57 Å². The van der Waals surface area contributed by atoms with E-state index in [0.717, 1.165) is 20.8 Å². The smallest absolute Gasteiger partial charge is 0.140 e. The van der Waals surface area contributed by atoms with Gasteiger partial charge in [-0.05, 0) is 71.8 Å². The lowest BCUT2D eigenvalue weighted by molar-refractivity contribution is 0.475. The van der Waals surface area contributed by atoms with Crippen LogP contribution in [-0.2, 0) is 0 Å². The Morgan fingerprint density at radius 3 is 2.53 bits per heavy atom. The van der Waals surface area contributed by atoms with E-state index < -0.39 is 0 Å². The number of ether oxygens (including phenoxy) is 1. The highest BCUT2D eigenvalue weighted by atomic mass is 127. The molecule has 0 aliphatic rings. The van der Waals surface area contributed by atoms with Crippen LogP contribution in [0.2, 0.25) is 0 Å². The average molecular weight is 339 g/mol. The first-order valence-electron chi connectivity index (χ1n) is 5.37. The Balaban J connectivity index is 2.35. The number of aryl methyl sites for hydroxylation is 1. The number of benzene rings is 2. The first-order chi connectivity index (χ1) is 8.08. The minimum atomic E-state index is 0.753. The third-order valence-electron chi connectivity index (χ3n) is 2.73. The van der Waals surface area contributed by atoms with Gasteiger partial charge >= 0.3 is 0 Å². The highest BCUT2D eigenvalue weighted by molar-refractivity contribution is 14.1. The van der Waals surface area contributed by atoms with Crippen LogP contribution < -0.4 is 10.5 Å². The van der Waals surface area contributed by atoms with Crippen LogP contribution in [0.4, 0.5) is 5.69 Å². The zero-order valence-corrected chi connectivity index (χ0v) is 12.0. The van der Waals surface area contributed by atoms with Crippen molar-refractivity contribution in [3.63, 3.8) is 0 Å². The van der Waals surface area contributed by atoms with Gasteiger partial charge in [0.15, 0.2) is 0 Å². The molecule has 0 unspecified atom stereocenters. The molecule has 0 fully saturated rings. The minimum Gasteiger partial charge on any atom is -0.456 e. The zero-order valence-electron chi connectivity index (χ0n) is 9.83. The number of halogens is 1. The molecule has 0 aromatic heterocycles. The monoisotopic (exact) mass is 339 g/mol. The van der Waals surface area contributed by atoms with Crippen molar-refractivity contribution in [1.82, 2.24) is 0 Å². The van der Waals surface area contributed by atoms with Gasteiger partial charge in [-0.25, -0.2) is 0 Å². The first-order valence-corrected chi connectivity index (χ1v) is 6.45. The molecule has 0 saturated carbocycles. The Morgan fingerprint density at radius 2 is 1.82 bits per heavy atom. The average Bonchev–Trinajstić information content (AvgIpc) is 2.28. The van der Waals surface area contributed by atoms with Crippen molar-refractivity contribution < 1.29 is 4.74 Å². The minimum absolute atomic E-state index is 0.753. The topological polar surface area (TPSA) is 35.2 Å². The normalized spacial score (nSPS) is 10.3. The molecule has 2 aromatic rings. The van der Waals surface area contributed by atoms with Gasteiger partial charge < -0.3 is 10.5 Å². The van der Waals surface area contributed by atoms with E-state index >= 15 is 0 Å². The lowest BCUT2D eigenvalue weighted by atomic mass is 10.1. The van der Waals surface area contributed by atoms with Crippen molar-refractivity contribution in [2.75, 3.05) is 5.73 Å². The number of nitrogens with two attached hydrogens (primary N) is 1. The summed E-state index contributed by atoms with van der Waals surface area (Å²) in [5.41, 5.74) is 8.86. The highest BCUT2D eigenvalue weighted by Gasteiger charge is 2.06. The molecule has 0 saturated heterocycles. The highest BCUT2D eigenvalue weighted by Crippen LogP contribution is 2.31. The Morgan fingerprint density at radius 1 is 1.06 bits per heavy atom. The van der Waals surface area contributed by atoms with E-state index in [1.807, 2.05) is 30.3 Å². The number of hydrogen-bond donors (Lipinski definition) is 1. The summed E-state index contributed by atoms with van der Waals surface area (Å²) in [4.78, 5) is 0. The van der Waals surface area contributed by atoms with Crippen LogP contribution >= 0.6 is 22.6 Å². The molecule has 17 heavy (non-hydrogen) atoms. The van der Waals surface area contributed by atoms with E-state index in [1.165, 1.54) is 11.1 Å². The van der Waals surface area contributed by atoms with Gasteiger partial charge in [0.2, 0.25) is 0 Å². The summed E-state index contributed by atoms with van der Waals surface area (Å²) in [6.07, 6.45) is 0. The SMILES string of the molecule is Cc1cccc(Oc2ccc(N)cc2I)c1C. The van der Waals surface area contributed by atoms with E-state index in [4.69, 9.17) is 10.5 Å². The summed E-state index contributed by atoms with van der Waals surface area (Å²) >= 11 is 2.23. The molecule has 88 valence electrons. The third kappa shape index (κ3) is 2.72. The Bertz CT molecular complexity index is 552. The van der Waals surface area contributed by atoms with Crippen LogP contribution in [0.1, 0.15) is 11.1 Å². The maximum absolute atomic E-state index is 5.91. The summed E-state index contributed by atoms with van der Waals surface area (Å²) in [5, 5.41) is 0. The van der Waals surface area contributed by atoms with Crippen LogP contribution in [0.25, 0.3) is 0 Å².